The van der Waals surface area contributed by atoms with Crippen LogP contribution in [-0.4, -0.2) is 19.9 Å². The molecule has 12 aromatic rings. The molecular formula is C59H34N4O2. The van der Waals surface area contributed by atoms with Gasteiger partial charge in [0, 0.05) is 54.9 Å². The second-order valence-electron chi connectivity index (χ2n) is 16.8. The number of ether oxygens (including phenoxy) is 1. The van der Waals surface area contributed by atoms with Crippen LogP contribution < -0.4 is 4.74 Å². The Morgan fingerprint density at radius 3 is 1.74 bits per heavy atom. The van der Waals surface area contributed by atoms with Gasteiger partial charge in [-0.2, -0.15) is 0 Å². The second kappa shape index (κ2) is 13.6. The molecule has 302 valence electrons. The van der Waals surface area contributed by atoms with Crippen LogP contribution in [0.25, 0.3) is 100 Å². The maximum atomic E-state index is 6.68. The van der Waals surface area contributed by atoms with E-state index in [0.29, 0.717) is 17.5 Å². The van der Waals surface area contributed by atoms with Crippen LogP contribution in [0.5, 0.6) is 11.5 Å². The Labute approximate surface area is 373 Å². The van der Waals surface area contributed by atoms with E-state index in [1.54, 1.807) is 0 Å². The molecule has 4 heterocycles. The summed E-state index contributed by atoms with van der Waals surface area (Å²) < 4.78 is 13.0. The first-order valence-electron chi connectivity index (χ1n) is 21.9. The van der Waals surface area contributed by atoms with E-state index in [0.717, 1.165) is 94.2 Å². The highest BCUT2D eigenvalue weighted by molar-refractivity contribution is 6.15. The van der Waals surface area contributed by atoms with Crippen molar-refractivity contribution in [3.63, 3.8) is 0 Å². The number of furan rings is 1. The van der Waals surface area contributed by atoms with Gasteiger partial charge in [0.15, 0.2) is 17.5 Å². The number of nitrogens with zero attached hydrogens (tertiary/aromatic N) is 4. The minimum atomic E-state index is -0.627. The van der Waals surface area contributed by atoms with Gasteiger partial charge in [0.2, 0.25) is 0 Å². The van der Waals surface area contributed by atoms with E-state index < -0.39 is 5.41 Å². The van der Waals surface area contributed by atoms with Crippen LogP contribution in [0.1, 0.15) is 22.3 Å². The zero-order valence-corrected chi connectivity index (χ0v) is 34.7. The highest BCUT2D eigenvalue weighted by atomic mass is 16.5. The van der Waals surface area contributed by atoms with E-state index >= 15 is 0 Å². The standard InChI is InChI=1S/C59H34N4O2/c1-3-16-35(17-4-1)55-44-33-42-38-20-7-9-23-45(38)59(46-24-10-13-27-51(46)65-52-28-14-11-25-47(52)59)48(42)34-41(44)43-32-37(30-31-49(43)60-55)57-61-56(36-18-5-2-6-19-36)62-58(63-57)40-22-15-29-53-54(40)39-21-8-12-26-50(39)64-53/h1-34H. The summed E-state index contributed by atoms with van der Waals surface area (Å²) in [6.45, 7) is 0. The number of rotatable bonds is 4. The van der Waals surface area contributed by atoms with E-state index in [1.807, 2.05) is 60.7 Å². The van der Waals surface area contributed by atoms with Gasteiger partial charge in [0.1, 0.15) is 22.7 Å². The van der Waals surface area contributed by atoms with Crippen LogP contribution in [0.2, 0.25) is 0 Å². The Balaban J connectivity index is 1.06. The number of aromatic nitrogens is 4. The topological polar surface area (TPSA) is 73.9 Å². The third-order valence-corrected chi connectivity index (χ3v) is 13.4. The van der Waals surface area contributed by atoms with E-state index in [2.05, 4.69) is 146 Å². The molecule has 2 aliphatic rings. The van der Waals surface area contributed by atoms with E-state index in [-0.39, 0.29) is 0 Å². The minimum absolute atomic E-state index is 0.568. The first-order chi connectivity index (χ1) is 32.2. The molecule has 0 saturated heterocycles. The molecule has 14 rings (SSSR count). The Bertz CT molecular complexity index is 3890. The van der Waals surface area contributed by atoms with Crippen molar-refractivity contribution in [3.05, 3.63) is 229 Å². The number of hydrogen-bond donors (Lipinski definition) is 0. The first kappa shape index (κ1) is 35.8. The number of pyridine rings is 1. The van der Waals surface area contributed by atoms with Crippen molar-refractivity contribution < 1.29 is 9.15 Å². The molecule has 0 amide bonds. The Kier molecular flexibility index (Phi) is 7.51. The molecule has 0 bridgehead atoms. The number of para-hydroxylation sites is 3. The van der Waals surface area contributed by atoms with E-state index in [4.69, 9.17) is 29.1 Å². The third kappa shape index (κ3) is 5.16. The van der Waals surface area contributed by atoms with Crippen molar-refractivity contribution in [2.24, 2.45) is 0 Å². The molecule has 6 heteroatoms. The van der Waals surface area contributed by atoms with Crippen LogP contribution in [-0.2, 0) is 5.41 Å². The van der Waals surface area contributed by atoms with Gasteiger partial charge >= 0.3 is 0 Å². The summed E-state index contributed by atoms with van der Waals surface area (Å²) in [5, 5.41) is 5.16. The van der Waals surface area contributed by atoms with Crippen LogP contribution in [0, 0.1) is 0 Å². The predicted octanol–water partition coefficient (Wildman–Crippen LogP) is 14.6. The lowest BCUT2D eigenvalue weighted by Crippen LogP contribution is -2.32. The molecule has 65 heavy (non-hydrogen) atoms. The first-order valence-corrected chi connectivity index (χ1v) is 21.9. The summed E-state index contributed by atoms with van der Waals surface area (Å²) in [6.07, 6.45) is 0. The predicted molar refractivity (Wildman–Crippen MR) is 259 cm³/mol. The fraction of sp³-hybridized carbons (Fsp3) is 0.0169. The molecule has 0 saturated carbocycles. The summed E-state index contributed by atoms with van der Waals surface area (Å²) in [7, 11) is 0. The molecule has 0 unspecified atom stereocenters. The Morgan fingerprint density at radius 1 is 0.338 bits per heavy atom. The molecule has 0 atom stereocenters. The molecule has 0 fully saturated rings. The maximum Gasteiger partial charge on any atom is 0.164 e. The normalized spacial score (nSPS) is 13.2. The molecule has 1 spiro atoms. The Hall–Kier alpha value is -8.74. The fourth-order valence-electron chi connectivity index (χ4n) is 10.6. The zero-order valence-electron chi connectivity index (χ0n) is 34.7. The summed E-state index contributed by atoms with van der Waals surface area (Å²) in [6, 6.07) is 71.9. The van der Waals surface area contributed by atoms with Crippen LogP contribution in [0.3, 0.4) is 0 Å². The van der Waals surface area contributed by atoms with Crippen molar-refractivity contribution >= 4 is 43.6 Å². The van der Waals surface area contributed by atoms with Crippen LogP contribution in [0.4, 0.5) is 0 Å². The molecule has 6 nitrogen and oxygen atoms in total. The average Bonchev–Trinajstić information content (AvgIpc) is 3.89. The molecule has 0 N–H and O–H groups in total. The number of benzene rings is 9. The summed E-state index contributed by atoms with van der Waals surface area (Å²) >= 11 is 0. The molecular weight excluding hydrogens is 797 g/mol. The molecule has 9 aromatic carbocycles. The summed E-state index contributed by atoms with van der Waals surface area (Å²) in [5.74, 6) is 3.45. The van der Waals surface area contributed by atoms with Crippen molar-refractivity contribution in [1.29, 1.82) is 0 Å². The van der Waals surface area contributed by atoms with Crippen molar-refractivity contribution in [3.8, 4) is 68.0 Å². The maximum absolute atomic E-state index is 6.68. The molecule has 1 aliphatic carbocycles. The highest BCUT2D eigenvalue weighted by Gasteiger charge is 2.51. The van der Waals surface area contributed by atoms with Gasteiger partial charge < -0.3 is 9.15 Å². The lowest BCUT2D eigenvalue weighted by atomic mass is 9.66. The van der Waals surface area contributed by atoms with E-state index in [1.165, 1.54) is 22.3 Å². The van der Waals surface area contributed by atoms with Crippen molar-refractivity contribution in [2.45, 2.75) is 5.41 Å². The summed E-state index contributed by atoms with van der Waals surface area (Å²) in [5.41, 5.74) is 13.6. The Morgan fingerprint density at radius 2 is 0.954 bits per heavy atom. The molecule has 0 radical (unpaired) electrons. The fourth-order valence-corrected chi connectivity index (χ4v) is 10.6. The third-order valence-electron chi connectivity index (χ3n) is 13.4. The van der Waals surface area contributed by atoms with Gasteiger partial charge in [-0.1, -0.05) is 152 Å². The lowest BCUT2D eigenvalue weighted by Gasteiger charge is -2.39. The second-order valence-corrected chi connectivity index (χ2v) is 16.8. The van der Waals surface area contributed by atoms with Crippen LogP contribution >= 0.6 is 0 Å². The quantitative estimate of drug-likeness (QED) is 0.165. The van der Waals surface area contributed by atoms with Gasteiger partial charge in [0.25, 0.3) is 0 Å². The number of hydrogen-bond acceptors (Lipinski definition) is 6. The van der Waals surface area contributed by atoms with Gasteiger partial charge in [-0.05, 0) is 82.2 Å². The largest absolute Gasteiger partial charge is 0.457 e. The van der Waals surface area contributed by atoms with Gasteiger partial charge in [-0.3, -0.25) is 0 Å². The summed E-state index contributed by atoms with van der Waals surface area (Å²) in [4.78, 5) is 21.1. The van der Waals surface area contributed by atoms with Crippen molar-refractivity contribution in [1.82, 2.24) is 19.9 Å². The zero-order chi connectivity index (χ0) is 42.6. The highest BCUT2D eigenvalue weighted by Crippen LogP contribution is 2.62. The van der Waals surface area contributed by atoms with Crippen molar-refractivity contribution in [2.75, 3.05) is 0 Å². The van der Waals surface area contributed by atoms with Gasteiger partial charge in [-0.15, -0.1) is 0 Å². The smallest absolute Gasteiger partial charge is 0.164 e. The lowest BCUT2D eigenvalue weighted by molar-refractivity contribution is 0.436. The van der Waals surface area contributed by atoms with E-state index in [9.17, 15) is 0 Å². The number of fused-ring (bicyclic) bond motifs is 15. The molecule has 1 aliphatic heterocycles. The van der Waals surface area contributed by atoms with Crippen LogP contribution in [0.15, 0.2) is 211 Å². The van der Waals surface area contributed by atoms with Gasteiger partial charge in [0.05, 0.1) is 16.6 Å². The minimum Gasteiger partial charge on any atom is -0.457 e. The average molecular weight is 831 g/mol. The monoisotopic (exact) mass is 830 g/mol. The molecule has 3 aromatic heterocycles. The SMILES string of the molecule is c1ccc(-c2nc(-c3ccc4nc(-c5ccccc5)c5cc6c(cc5c4c3)C3(c4ccccc4Oc4ccccc43)c3ccccc3-6)nc(-c3cccc4oc5ccccc5c34)n2)cc1. The van der Waals surface area contributed by atoms with Gasteiger partial charge in [-0.25, -0.2) is 19.9 Å².